The van der Waals surface area contributed by atoms with E-state index in [1.807, 2.05) is 25.3 Å². The van der Waals surface area contributed by atoms with E-state index in [-0.39, 0.29) is 0 Å². The zero-order chi connectivity index (χ0) is 12.3. The van der Waals surface area contributed by atoms with Crippen LogP contribution in [0.15, 0.2) is 18.3 Å². The van der Waals surface area contributed by atoms with E-state index in [4.69, 9.17) is 0 Å². The SMILES string of the molecule is CCN(C)CCNc1nc2c(C)cccn2n1. The first-order valence-corrected chi connectivity index (χ1v) is 5.95. The van der Waals surface area contributed by atoms with Crippen LogP contribution >= 0.6 is 0 Å². The first-order chi connectivity index (χ1) is 8.20. The van der Waals surface area contributed by atoms with Crippen LogP contribution in [0.3, 0.4) is 0 Å². The van der Waals surface area contributed by atoms with E-state index >= 15 is 0 Å². The highest BCUT2D eigenvalue weighted by Crippen LogP contribution is 2.09. The highest BCUT2D eigenvalue weighted by atomic mass is 15.3. The van der Waals surface area contributed by atoms with E-state index in [0.29, 0.717) is 5.95 Å². The van der Waals surface area contributed by atoms with Crippen molar-refractivity contribution in [3.63, 3.8) is 0 Å². The highest BCUT2D eigenvalue weighted by Gasteiger charge is 2.04. The van der Waals surface area contributed by atoms with Gasteiger partial charge in [-0.25, -0.2) is 4.52 Å². The number of likely N-dealkylation sites (N-methyl/N-ethyl adjacent to an activating group) is 1. The minimum Gasteiger partial charge on any atom is -0.352 e. The van der Waals surface area contributed by atoms with Crippen LogP contribution in [0.25, 0.3) is 5.65 Å². The molecule has 0 aliphatic rings. The second-order valence-electron chi connectivity index (χ2n) is 4.22. The van der Waals surface area contributed by atoms with Crippen molar-refractivity contribution in [3.05, 3.63) is 23.9 Å². The second kappa shape index (κ2) is 5.14. The largest absolute Gasteiger partial charge is 0.352 e. The van der Waals surface area contributed by atoms with Crippen molar-refractivity contribution < 1.29 is 0 Å². The molecule has 2 rings (SSSR count). The van der Waals surface area contributed by atoms with Crippen LogP contribution in [0.2, 0.25) is 0 Å². The first-order valence-electron chi connectivity index (χ1n) is 5.95. The third-order valence-corrected chi connectivity index (χ3v) is 2.87. The topological polar surface area (TPSA) is 45.5 Å². The van der Waals surface area contributed by atoms with Gasteiger partial charge in [-0.15, -0.1) is 5.10 Å². The molecule has 0 radical (unpaired) electrons. The molecule has 0 atom stereocenters. The van der Waals surface area contributed by atoms with Gasteiger partial charge in [-0.3, -0.25) is 0 Å². The molecule has 0 fully saturated rings. The van der Waals surface area contributed by atoms with Crippen LogP contribution in [0, 0.1) is 6.92 Å². The maximum atomic E-state index is 4.46. The Morgan fingerprint density at radius 3 is 3.00 bits per heavy atom. The average Bonchev–Trinajstić information content (AvgIpc) is 2.73. The Morgan fingerprint density at radius 2 is 2.29 bits per heavy atom. The number of nitrogens with one attached hydrogen (secondary N) is 1. The lowest BCUT2D eigenvalue weighted by Crippen LogP contribution is -2.24. The number of nitrogens with zero attached hydrogens (tertiary/aromatic N) is 4. The molecular weight excluding hydrogens is 214 g/mol. The van der Waals surface area contributed by atoms with Crippen LogP contribution in [-0.2, 0) is 0 Å². The van der Waals surface area contributed by atoms with Crippen molar-refractivity contribution in [2.24, 2.45) is 0 Å². The number of aryl methyl sites for hydroxylation is 1. The van der Waals surface area contributed by atoms with E-state index < -0.39 is 0 Å². The molecule has 0 aliphatic heterocycles. The summed E-state index contributed by atoms with van der Waals surface area (Å²) in [6.45, 7) is 7.09. The molecular formula is C12H19N5. The van der Waals surface area contributed by atoms with Gasteiger partial charge in [-0.2, -0.15) is 4.98 Å². The van der Waals surface area contributed by atoms with E-state index in [2.05, 4.69) is 34.3 Å². The third-order valence-electron chi connectivity index (χ3n) is 2.87. The van der Waals surface area contributed by atoms with Gasteiger partial charge in [-0.1, -0.05) is 13.0 Å². The fourth-order valence-corrected chi connectivity index (χ4v) is 1.63. The van der Waals surface area contributed by atoms with Crippen LogP contribution < -0.4 is 5.32 Å². The Kier molecular flexibility index (Phi) is 3.58. The highest BCUT2D eigenvalue weighted by molar-refractivity contribution is 5.49. The summed E-state index contributed by atoms with van der Waals surface area (Å²) < 4.78 is 1.81. The van der Waals surface area contributed by atoms with Crippen LogP contribution in [0.4, 0.5) is 5.95 Å². The predicted molar refractivity (Wildman–Crippen MR) is 69.4 cm³/mol. The van der Waals surface area contributed by atoms with Crippen LogP contribution in [0.5, 0.6) is 0 Å². The van der Waals surface area contributed by atoms with Gasteiger partial charge in [0.05, 0.1) is 0 Å². The summed E-state index contributed by atoms with van der Waals surface area (Å²) >= 11 is 0. The average molecular weight is 233 g/mol. The normalized spacial score (nSPS) is 11.3. The molecule has 17 heavy (non-hydrogen) atoms. The molecule has 5 nitrogen and oxygen atoms in total. The molecule has 2 aromatic heterocycles. The summed E-state index contributed by atoms with van der Waals surface area (Å²) in [5.41, 5.74) is 2.05. The Bertz CT molecular complexity index is 491. The summed E-state index contributed by atoms with van der Waals surface area (Å²) in [5.74, 6) is 0.698. The van der Waals surface area contributed by atoms with Crippen molar-refractivity contribution in [2.75, 3.05) is 32.0 Å². The Balaban J connectivity index is 2.02. The minimum absolute atomic E-state index is 0.698. The molecule has 1 N–H and O–H groups in total. The molecule has 0 bridgehead atoms. The molecule has 0 saturated carbocycles. The summed E-state index contributed by atoms with van der Waals surface area (Å²) in [4.78, 5) is 6.70. The van der Waals surface area contributed by atoms with Crippen molar-refractivity contribution in [3.8, 4) is 0 Å². The first kappa shape index (κ1) is 11.9. The van der Waals surface area contributed by atoms with Crippen molar-refractivity contribution in [1.29, 1.82) is 0 Å². The Morgan fingerprint density at radius 1 is 1.47 bits per heavy atom. The number of rotatable bonds is 5. The van der Waals surface area contributed by atoms with Crippen LogP contribution in [-0.4, -0.2) is 46.2 Å². The Labute approximate surface area is 101 Å². The molecule has 0 saturated heterocycles. The minimum atomic E-state index is 0.698. The lowest BCUT2D eigenvalue weighted by atomic mass is 10.3. The van der Waals surface area contributed by atoms with Crippen molar-refractivity contribution >= 4 is 11.6 Å². The molecule has 0 aromatic carbocycles. The fraction of sp³-hybridized carbons (Fsp3) is 0.500. The molecule has 0 aliphatic carbocycles. The smallest absolute Gasteiger partial charge is 0.243 e. The number of aromatic nitrogens is 3. The molecule has 2 heterocycles. The standard InChI is InChI=1S/C12H19N5/c1-4-16(3)9-7-13-12-14-11-10(2)6-5-8-17(11)15-12/h5-6,8H,4,7,9H2,1-3H3,(H,13,15). The zero-order valence-corrected chi connectivity index (χ0v) is 10.6. The lowest BCUT2D eigenvalue weighted by molar-refractivity contribution is 0.367. The Hall–Kier alpha value is -1.62. The summed E-state index contributed by atoms with van der Waals surface area (Å²) in [5, 5.41) is 7.61. The molecule has 5 heteroatoms. The van der Waals surface area contributed by atoms with Gasteiger partial charge in [0.25, 0.3) is 0 Å². The predicted octanol–water partition coefficient (Wildman–Crippen LogP) is 1.40. The van der Waals surface area contributed by atoms with Gasteiger partial charge in [0.2, 0.25) is 5.95 Å². The molecule has 0 spiro atoms. The number of hydrogen-bond donors (Lipinski definition) is 1. The molecule has 2 aromatic rings. The quantitative estimate of drug-likeness (QED) is 0.848. The van der Waals surface area contributed by atoms with Gasteiger partial charge >= 0.3 is 0 Å². The molecule has 0 amide bonds. The molecule has 0 unspecified atom stereocenters. The van der Waals surface area contributed by atoms with Crippen LogP contribution in [0.1, 0.15) is 12.5 Å². The number of pyridine rings is 1. The van der Waals surface area contributed by atoms with E-state index in [0.717, 1.165) is 30.8 Å². The second-order valence-corrected chi connectivity index (χ2v) is 4.22. The van der Waals surface area contributed by atoms with Gasteiger partial charge in [0, 0.05) is 19.3 Å². The monoisotopic (exact) mass is 233 g/mol. The van der Waals surface area contributed by atoms with E-state index in [1.165, 1.54) is 0 Å². The van der Waals surface area contributed by atoms with Gasteiger partial charge in [-0.05, 0) is 32.1 Å². The van der Waals surface area contributed by atoms with Crippen molar-refractivity contribution in [1.82, 2.24) is 19.5 Å². The number of hydrogen-bond acceptors (Lipinski definition) is 4. The van der Waals surface area contributed by atoms with Crippen molar-refractivity contribution in [2.45, 2.75) is 13.8 Å². The lowest BCUT2D eigenvalue weighted by Gasteiger charge is -2.12. The summed E-state index contributed by atoms with van der Waals surface area (Å²) in [6.07, 6.45) is 1.92. The maximum Gasteiger partial charge on any atom is 0.243 e. The number of anilines is 1. The molecule has 92 valence electrons. The van der Waals surface area contributed by atoms with Gasteiger partial charge in [0.15, 0.2) is 5.65 Å². The fourth-order valence-electron chi connectivity index (χ4n) is 1.63. The third kappa shape index (κ3) is 2.74. The summed E-state index contributed by atoms with van der Waals surface area (Å²) in [7, 11) is 2.10. The van der Waals surface area contributed by atoms with Gasteiger partial charge in [0.1, 0.15) is 0 Å². The van der Waals surface area contributed by atoms with E-state index in [1.54, 1.807) is 4.52 Å². The maximum absolute atomic E-state index is 4.46. The zero-order valence-electron chi connectivity index (χ0n) is 10.6. The summed E-state index contributed by atoms with van der Waals surface area (Å²) in [6, 6.07) is 4.02. The number of fused-ring (bicyclic) bond motifs is 1. The van der Waals surface area contributed by atoms with Gasteiger partial charge < -0.3 is 10.2 Å². The van der Waals surface area contributed by atoms with E-state index in [9.17, 15) is 0 Å².